The Kier molecular flexibility index (Phi) is 3.76. The highest BCUT2D eigenvalue weighted by molar-refractivity contribution is 6.51. The molecule has 1 aromatic carbocycles. The van der Waals surface area contributed by atoms with E-state index in [4.69, 9.17) is 0 Å². The molecular weight excluding hydrogens is 294 g/mol. The Morgan fingerprint density at radius 1 is 0.957 bits per heavy atom. The molecule has 0 bridgehead atoms. The minimum Gasteiger partial charge on any atom is -0.316 e. The number of allylic oxidation sites excluding steroid dienone is 4. The average molecular weight is 315 g/mol. The molecule has 0 fully saturated rings. The van der Waals surface area contributed by atoms with Crippen molar-refractivity contribution < 1.29 is 0 Å². The first-order chi connectivity index (χ1) is 11.3. The minimum atomic E-state index is -0.0769. The smallest absolute Gasteiger partial charge is 0.0528 e. The topological polar surface area (TPSA) is 4.41 Å². The molecule has 0 unspecified atom stereocenters. The molecule has 0 radical (unpaired) electrons. The van der Waals surface area contributed by atoms with Crippen molar-refractivity contribution in [3.63, 3.8) is 0 Å². The molecular formula is C21H21NSi. The van der Waals surface area contributed by atoms with Gasteiger partial charge in [0, 0.05) is 17.3 Å². The SMILES string of the molecule is C[SiH2]c1ccc(-c2cccc3cc(C4=CCCC=C4)cn23)cc1. The number of rotatable bonds is 3. The summed E-state index contributed by atoms with van der Waals surface area (Å²) in [4.78, 5) is 0. The molecule has 0 atom stereocenters. The van der Waals surface area contributed by atoms with Crippen LogP contribution in [0.1, 0.15) is 18.4 Å². The molecule has 4 rings (SSSR count). The first-order valence-corrected chi connectivity index (χ1v) is 10.5. The van der Waals surface area contributed by atoms with Gasteiger partial charge in [-0.2, -0.15) is 0 Å². The number of hydrogen-bond acceptors (Lipinski definition) is 0. The van der Waals surface area contributed by atoms with Crippen LogP contribution in [0.2, 0.25) is 6.55 Å². The summed E-state index contributed by atoms with van der Waals surface area (Å²) in [6.45, 7) is 2.33. The molecule has 2 heterocycles. The van der Waals surface area contributed by atoms with Gasteiger partial charge < -0.3 is 4.40 Å². The highest BCUT2D eigenvalue weighted by Crippen LogP contribution is 2.27. The van der Waals surface area contributed by atoms with Gasteiger partial charge >= 0.3 is 0 Å². The second-order valence-electron chi connectivity index (χ2n) is 6.12. The van der Waals surface area contributed by atoms with Gasteiger partial charge in [0.2, 0.25) is 0 Å². The number of pyridine rings is 1. The maximum Gasteiger partial charge on any atom is 0.0528 e. The molecule has 2 heteroatoms. The van der Waals surface area contributed by atoms with E-state index in [9.17, 15) is 0 Å². The summed E-state index contributed by atoms with van der Waals surface area (Å²) in [6, 6.07) is 17.9. The van der Waals surface area contributed by atoms with Crippen molar-refractivity contribution in [1.82, 2.24) is 4.40 Å². The molecule has 2 aromatic heterocycles. The highest BCUT2D eigenvalue weighted by Gasteiger charge is 2.08. The summed E-state index contributed by atoms with van der Waals surface area (Å²) >= 11 is 0. The number of benzene rings is 1. The van der Waals surface area contributed by atoms with Crippen molar-refractivity contribution in [2.75, 3.05) is 0 Å². The number of hydrogen-bond donors (Lipinski definition) is 0. The largest absolute Gasteiger partial charge is 0.316 e. The van der Waals surface area contributed by atoms with E-state index in [1.54, 1.807) is 0 Å². The molecule has 0 spiro atoms. The Labute approximate surface area is 139 Å². The Morgan fingerprint density at radius 3 is 2.57 bits per heavy atom. The molecule has 1 aliphatic carbocycles. The summed E-state index contributed by atoms with van der Waals surface area (Å²) in [5.41, 5.74) is 6.46. The molecule has 0 saturated heterocycles. The monoisotopic (exact) mass is 315 g/mol. The number of fused-ring (bicyclic) bond motifs is 1. The number of aromatic nitrogens is 1. The van der Waals surface area contributed by atoms with Crippen LogP contribution in [0.25, 0.3) is 22.3 Å². The van der Waals surface area contributed by atoms with Crippen LogP contribution in [0.3, 0.4) is 0 Å². The van der Waals surface area contributed by atoms with E-state index in [0.29, 0.717) is 0 Å². The van der Waals surface area contributed by atoms with Gasteiger partial charge in [-0.15, -0.1) is 0 Å². The van der Waals surface area contributed by atoms with Crippen molar-refractivity contribution >= 4 is 25.8 Å². The van der Waals surface area contributed by atoms with Crippen LogP contribution in [0.5, 0.6) is 0 Å². The summed E-state index contributed by atoms with van der Waals surface area (Å²) in [5.74, 6) is 0. The second-order valence-corrected chi connectivity index (χ2v) is 7.65. The predicted octanol–water partition coefficient (Wildman–Crippen LogP) is 4.18. The van der Waals surface area contributed by atoms with Crippen molar-refractivity contribution in [2.45, 2.75) is 19.4 Å². The fraction of sp³-hybridized carbons (Fsp3) is 0.143. The molecule has 0 aliphatic heterocycles. The van der Waals surface area contributed by atoms with Crippen molar-refractivity contribution in [3.8, 4) is 11.3 Å². The lowest BCUT2D eigenvalue weighted by atomic mass is 10.0. The van der Waals surface area contributed by atoms with Crippen LogP contribution in [-0.2, 0) is 0 Å². The Balaban J connectivity index is 1.82. The zero-order valence-electron chi connectivity index (χ0n) is 13.5. The fourth-order valence-corrected chi connectivity index (χ4v) is 3.97. The van der Waals surface area contributed by atoms with Crippen molar-refractivity contribution in [1.29, 1.82) is 0 Å². The lowest BCUT2D eigenvalue weighted by Crippen LogP contribution is -2.08. The van der Waals surface area contributed by atoms with Crippen LogP contribution >= 0.6 is 0 Å². The standard InChI is InChI=1S/C21H21NSi/c1-23-20-12-10-17(11-13-20)21-9-5-8-19-14-18(15-22(19)21)16-6-3-2-4-7-16/h3,5-15H,2,4,23H2,1H3. The maximum atomic E-state index is 2.34. The molecule has 1 nitrogen and oxygen atoms in total. The number of nitrogens with zero attached hydrogens (tertiary/aromatic N) is 1. The minimum absolute atomic E-state index is 0.0769. The Hall–Kier alpha value is -2.32. The average Bonchev–Trinajstić information content (AvgIpc) is 3.07. The van der Waals surface area contributed by atoms with Crippen molar-refractivity contribution in [3.05, 3.63) is 78.5 Å². The Morgan fingerprint density at radius 2 is 1.83 bits per heavy atom. The van der Waals surface area contributed by atoms with Gasteiger partial charge in [0.1, 0.15) is 0 Å². The summed E-state index contributed by atoms with van der Waals surface area (Å²) in [6.07, 6.45) is 11.4. The van der Waals surface area contributed by atoms with Gasteiger partial charge in [-0.1, -0.05) is 60.3 Å². The van der Waals surface area contributed by atoms with Gasteiger partial charge in [0.15, 0.2) is 0 Å². The van der Waals surface area contributed by atoms with Crippen LogP contribution < -0.4 is 5.19 Å². The summed E-state index contributed by atoms with van der Waals surface area (Å²) in [5, 5.41) is 1.52. The van der Waals surface area contributed by atoms with Gasteiger partial charge in [0.05, 0.1) is 15.2 Å². The van der Waals surface area contributed by atoms with Crippen LogP contribution in [0.15, 0.2) is 73.0 Å². The van der Waals surface area contributed by atoms with E-state index in [-0.39, 0.29) is 9.52 Å². The summed E-state index contributed by atoms with van der Waals surface area (Å²) < 4.78 is 2.32. The lowest BCUT2D eigenvalue weighted by Gasteiger charge is -2.07. The van der Waals surface area contributed by atoms with E-state index >= 15 is 0 Å². The summed E-state index contributed by atoms with van der Waals surface area (Å²) in [7, 11) is -0.0769. The van der Waals surface area contributed by atoms with Crippen molar-refractivity contribution in [2.24, 2.45) is 0 Å². The highest BCUT2D eigenvalue weighted by atomic mass is 28.2. The lowest BCUT2D eigenvalue weighted by molar-refractivity contribution is 1.04. The van der Waals surface area contributed by atoms with E-state index < -0.39 is 0 Å². The zero-order valence-corrected chi connectivity index (χ0v) is 14.9. The first-order valence-electron chi connectivity index (χ1n) is 8.42. The third-order valence-corrected chi connectivity index (χ3v) is 5.90. The van der Waals surface area contributed by atoms with E-state index in [0.717, 1.165) is 12.8 Å². The second kappa shape index (κ2) is 6.05. The molecule has 3 aromatic rings. The van der Waals surface area contributed by atoms with E-state index in [1.165, 1.54) is 33.1 Å². The van der Waals surface area contributed by atoms with Crippen LogP contribution in [0.4, 0.5) is 0 Å². The first kappa shape index (κ1) is 14.3. The molecule has 0 saturated carbocycles. The third-order valence-electron chi connectivity index (χ3n) is 4.62. The Bertz CT molecular complexity index is 897. The maximum absolute atomic E-state index is 2.34. The third kappa shape index (κ3) is 2.70. The molecule has 114 valence electrons. The van der Waals surface area contributed by atoms with E-state index in [2.05, 4.69) is 83.9 Å². The molecule has 0 N–H and O–H groups in total. The van der Waals surface area contributed by atoms with Crippen LogP contribution in [0, 0.1) is 0 Å². The van der Waals surface area contributed by atoms with Gasteiger partial charge in [-0.05, 0) is 42.2 Å². The molecule has 1 aliphatic rings. The quantitative estimate of drug-likeness (QED) is 0.639. The predicted molar refractivity (Wildman–Crippen MR) is 103 cm³/mol. The van der Waals surface area contributed by atoms with Gasteiger partial charge in [-0.25, -0.2) is 0 Å². The van der Waals surface area contributed by atoms with Crippen LogP contribution in [-0.4, -0.2) is 13.9 Å². The fourth-order valence-electron chi connectivity index (χ4n) is 3.27. The molecule has 23 heavy (non-hydrogen) atoms. The van der Waals surface area contributed by atoms with Gasteiger partial charge in [0.25, 0.3) is 0 Å². The normalized spacial score (nSPS) is 14.7. The van der Waals surface area contributed by atoms with E-state index in [1.807, 2.05) is 0 Å². The zero-order chi connectivity index (χ0) is 15.6. The van der Waals surface area contributed by atoms with Gasteiger partial charge in [-0.3, -0.25) is 0 Å². The molecule has 0 amide bonds.